The van der Waals surface area contributed by atoms with Crippen molar-refractivity contribution in [2.24, 2.45) is 0 Å². The summed E-state index contributed by atoms with van der Waals surface area (Å²) in [6.45, 7) is 0. The van der Waals surface area contributed by atoms with E-state index in [0.717, 1.165) is 0 Å². The summed E-state index contributed by atoms with van der Waals surface area (Å²) in [4.78, 5) is 0. The molecule has 10 heavy (non-hydrogen) atoms. The lowest BCUT2D eigenvalue weighted by molar-refractivity contribution is 0.447. The number of halogens is 4. The highest BCUT2D eigenvalue weighted by Crippen LogP contribution is 2.21. The Hall–Kier alpha value is 0.650. The summed E-state index contributed by atoms with van der Waals surface area (Å²) in [5.41, 5.74) is 0. The molecule has 0 aromatic rings. The second kappa shape index (κ2) is 3.88. The van der Waals surface area contributed by atoms with Gasteiger partial charge in [-0.2, -0.15) is 8.42 Å². The molecule has 0 heterocycles. The quantitative estimate of drug-likeness (QED) is 0.554. The fourth-order valence-corrected chi connectivity index (χ4v) is 1.08. The average molecular weight is 246 g/mol. The van der Waals surface area contributed by atoms with Crippen molar-refractivity contribution in [3.05, 3.63) is 9.71 Å². The second-order valence-corrected chi connectivity index (χ2v) is 4.39. The minimum atomic E-state index is -4.15. The van der Waals surface area contributed by atoms with Crippen LogP contribution >= 0.6 is 45.5 Å². The lowest BCUT2D eigenvalue weighted by Crippen LogP contribution is -1.92. The van der Waals surface area contributed by atoms with Crippen LogP contribution in [-0.4, -0.2) is 8.42 Å². The summed E-state index contributed by atoms with van der Waals surface area (Å²) in [6, 6.07) is 0. The molecule has 0 atom stereocenters. The third kappa shape index (κ3) is 5.44. The van der Waals surface area contributed by atoms with Crippen LogP contribution in [0.1, 0.15) is 0 Å². The second-order valence-electron chi connectivity index (χ2n) is 1.01. The van der Waals surface area contributed by atoms with Gasteiger partial charge in [0.15, 0.2) is 4.49 Å². The van der Waals surface area contributed by atoms with Crippen molar-refractivity contribution in [3.8, 4) is 0 Å². The highest BCUT2D eigenvalue weighted by atomic mass is 35.7. The van der Waals surface area contributed by atoms with Crippen molar-refractivity contribution in [2.45, 2.75) is 0 Å². The SMILES string of the molecule is O=S(=O)(Cl)OC(Cl)=C(Cl)Cl. The minimum absolute atomic E-state index is 0.508. The van der Waals surface area contributed by atoms with Gasteiger partial charge in [0.25, 0.3) is 0 Å². The molecule has 0 radical (unpaired) electrons. The van der Waals surface area contributed by atoms with Crippen LogP contribution in [0.3, 0.4) is 0 Å². The monoisotopic (exact) mass is 244 g/mol. The predicted molar refractivity (Wildman–Crippen MR) is 40.4 cm³/mol. The zero-order valence-electron chi connectivity index (χ0n) is 4.14. The number of hydrogen-bond acceptors (Lipinski definition) is 3. The van der Waals surface area contributed by atoms with E-state index in [-0.39, 0.29) is 0 Å². The van der Waals surface area contributed by atoms with Crippen LogP contribution in [0, 0.1) is 0 Å². The Morgan fingerprint density at radius 1 is 1.20 bits per heavy atom. The van der Waals surface area contributed by atoms with Crippen LogP contribution in [0.2, 0.25) is 0 Å². The Bertz CT molecular complexity index is 237. The zero-order chi connectivity index (χ0) is 8.36. The van der Waals surface area contributed by atoms with Gasteiger partial charge in [0, 0.05) is 0 Å². The third-order valence-corrected chi connectivity index (χ3v) is 1.77. The topological polar surface area (TPSA) is 43.4 Å². The molecule has 8 heteroatoms. The van der Waals surface area contributed by atoms with Gasteiger partial charge in [0.2, 0.25) is 5.22 Å². The highest BCUT2D eigenvalue weighted by Gasteiger charge is 2.10. The van der Waals surface area contributed by atoms with Crippen molar-refractivity contribution < 1.29 is 12.6 Å². The van der Waals surface area contributed by atoms with Gasteiger partial charge in [-0.05, 0) is 11.6 Å². The van der Waals surface area contributed by atoms with Gasteiger partial charge in [-0.25, -0.2) is 0 Å². The Labute approximate surface area is 77.1 Å². The largest absolute Gasteiger partial charge is 0.402 e. The van der Waals surface area contributed by atoms with Crippen molar-refractivity contribution in [1.82, 2.24) is 0 Å². The molecule has 0 aliphatic carbocycles. The molecule has 0 aromatic carbocycles. The summed E-state index contributed by atoms with van der Waals surface area (Å²) in [7, 11) is 0.431. The molecule has 0 amide bonds. The van der Waals surface area contributed by atoms with E-state index >= 15 is 0 Å². The average Bonchev–Trinajstić information content (AvgIpc) is 1.60. The van der Waals surface area contributed by atoms with Crippen LogP contribution < -0.4 is 0 Å². The normalized spacial score (nSPS) is 10.8. The van der Waals surface area contributed by atoms with Crippen LogP contribution in [-0.2, 0) is 13.5 Å². The van der Waals surface area contributed by atoms with Gasteiger partial charge < -0.3 is 4.18 Å². The Morgan fingerprint density at radius 3 is 1.70 bits per heavy atom. The van der Waals surface area contributed by atoms with Crippen LogP contribution in [0.15, 0.2) is 9.71 Å². The van der Waals surface area contributed by atoms with Crippen molar-refractivity contribution in [1.29, 1.82) is 0 Å². The fourth-order valence-electron chi connectivity index (χ4n) is 0.119. The molecular formula is C2Cl4O3S. The minimum Gasteiger partial charge on any atom is -0.356 e. The molecule has 0 bridgehead atoms. The molecule has 0 fully saturated rings. The van der Waals surface area contributed by atoms with E-state index in [2.05, 4.69) is 14.9 Å². The number of rotatable bonds is 2. The first-order chi connectivity index (χ1) is 4.33. The molecule has 0 saturated heterocycles. The lowest BCUT2D eigenvalue weighted by Gasteiger charge is -1.95. The Morgan fingerprint density at radius 2 is 1.60 bits per heavy atom. The summed E-state index contributed by atoms with van der Waals surface area (Å²) >= 11 is 15.0. The molecule has 0 N–H and O–H groups in total. The summed E-state index contributed by atoms with van der Waals surface area (Å²) < 4.78 is 23.4. The molecule has 3 nitrogen and oxygen atoms in total. The van der Waals surface area contributed by atoms with Crippen LogP contribution in [0.4, 0.5) is 0 Å². The van der Waals surface area contributed by atoms with E-state index in [1.807, 2.05) is 0 Å². The van der Waals surface area contributed by atoms with E-state index in [4.69, 9.17) is 34.8 Å². The number of hydrogen-bond donors (Lipinski definition) is 0. The van der Waals surface area contributed by atoms with Gasteiger partial charge in [0.05, 0.1) is 10.7 Å². The molecule has 0 spiro atoms. The molecule has 0 unspecified atom stereocenters. The Balaban J connectivity index is 4.35. The first kappa shape index (κ1) is 10.7. The van der Waals surface area contributed by atoms with E-state index in [0.29, 0.717) is 0 Å². The third-order valence-electron chi connectivity index (χ3n) is 0.321. The maximum atomic E-state index is 10.1. The van der Waals surface area contributed by atoms with Gasteiger partial charge in [-0.3, -0.25) is 0 Å². The zero-order valence-corrected chi connectivity index (χ0v) is 7.99. The molecule has 0 rings (SSSR count). The first-order valence-electron chi connectivity index (χ1n) is 1.68. The van der Waals surface area contributed by atoms with E-state index in [9.17, 15) is 8.42 Å². The summed E-state index contributed by atoms with van der Waals surface area (Å²) in [5.74, 6) is 0. The van der Waals surface area contributed by atoms with Crippen molar-refractivity contribution >= 4 is 54.8 Å². The lowest BCUT2D eigenvalue weighted by atomic mass is 11.1. The first-order valence-corrected chi connectivity index (χ1v) is 5.04. The van der Waals surface area contributed by atoms with E-state index in [1.54, 1.807) is 0 Å². The summed E-state index contributed by atoms with van der Waals surface area (Å²) in [5, 5.41) is -0.682. The molecule has 0 aliphatic rings. The van der Waals surface area contributed by atoms with Crippen molar-refractivity contribution in [3.63, 3.8) is 0 Å². The fraction of sp³-hybridized carbons (Fsp3) is 0. The molecule has 0 saturated carbocycles. The summed E-state index contributed by atoms with van der Waals surface area (Å²) in [6.07, 6.45) is 0. The highest BCUT2D eigenvalue weighted by molar-refractivity contribution is 8.10. The van der Waals surface area contributed by atoms with E-state index < -0.39 is 19.0 Å². The Kier molecular flexibility index (Phi) is 4.13. The maximum Gasteiger partial charge on any atom is 0.402 e. The van der Waals surface area contributed by atoms with Crippen molar-refractivity contribution in [2.75, 3.05) is 0 Å². The molecule has 0 aromatic heterocycles. The predicted octanol–water partition coefficient (Wildman–Crippen LogP) is 2.33. The van der Waals surface area contributed by atoms with Gasteiger partial charge in [0.1, 0.15) is 0 Å². The molecular weight excluding hydrogens is 246 g/mol. The van der Waals surface area contributed by atoms with Gasteiger partial charge >= 0.3 is 9.33 Å². The van der Waals surface area contributed by atoms with Gasteiger partial charge in [-0.1, -0.05) is 23.2 Å². The molecule has 60 valence electrons. The molecule has 0 aliphatic heterocycles. The van der Waals surface area contributed by atoms with E-state index in [1.165, 1.54) is 0 Å². The van der Waals surface area contributed by atoms with Crippen LogP contribution in [0.25, 0.3) is 0 Å². The van der Waals surface area contributed by atoms with Crippen LogP contribution in [0.5, 0.6) is 0 Å². The maximum absolute atomic E-state index is 10.1. The smallest absolute Gasteiger partial charge is 0.356 e. The van der Waals surface area contributed by atoms with Gasteiger partial charge in [-0.15, -0.1) is 0 Å². The standard InChI is InChI=1S/C2Cl4O3S/c3-1(4)2(5)9-10(6,7)8.